The van der Waals surface area contributed by atoms with Crippen LogP contribution in [0.5, 0.6) is 17.2 Å². The molecule has 0 aliphatic rings. The normalized spacial score (nSPS) is 11.6. The van der Waals surface area contributed by atoms with Gasteiger partial charge in [0.25, 0.3) is 0 Å². The van der Waals surface area contributed by atoms with E-state index < -0.39 is 0 Å². The van der Waals surface area contributed by atoms with Crippen molar-refractivity contribution in [3.63, 3.8) is 0 Å². The number of phenols is 2. The molecule has 4 aromatic rings. The molecule has 0 saturated carbocycles. The average molecular weight is 735 g/mol. The Bertz CT molecular complexity index is 1830. The van der Waals surface area contributed by atoms with E-state index >= 15 is 0 Å². The zero-order valence-electron chi connectivity index (χ0n) is 34.8. The first-order valence-corrected chi connectivity index (χ1v) is 20.1. The topological polar surface area (TPSA) is 99.1 Å². The highest BCUT2D eigenvalue weighted by atomic mass is 16.5. The molecule has 54 heavy (non-hydrogen) atoms. The minimum atomic E-state index is 0.217. The van der Waals surface area contributed by atoms with Crippen molar-refractivity contribution in [1.82, 2.24) is 0 Å². The van der Waals surface area contributed by atoms with Crippen molar-refractivity contribution in [2.24, 2.45) is 20.5 Å². The molecule has 0 unspecified atom stereocenters. The number of azo groups is 2. The fourth-order valence-electron chi connectivity index (χ4n) is 6.30. The Morgan fingerprint density at radius 3 is 1.52 bits per heavy atom. The van der Waals surface area contributed by atoms with Gasteiger partial charge in [-0.2, -0.15) is 20.5 Å². The van der Waals surface area contributed by atoms with Crippen LogP contribution in [0.4, 0.5) is 22.7 Å². The number of rotatable bonds is 18. The number of unbranched alkanes of at least 4 members (excludes halogenated alkanes) is 9. The molecule has 0 bridgehead atoms. The summed E-state index contributed by atoms with van der Waals surface area (Å²) in [6.45, 7) is 21.6. The number of aryl methyl sites for hydroxylation is 5. The summed E-state index contributed by atoms with van der Waals surface area (Å²) in [5, 5.41) is 37.0. The number of hydrogen-bond acceptors (Lipinski definition) is 7. The van der Waals surface area contributed by atoms with E-state index in [-0.39, 0.29) is 17.4 Å². The van der Waals surface area contributed by atoms with Crippen LogP contribution in [-0.2, 0) is 0 Å². The van der Waals surface area contributed by atoms with Crippen LogP contribution in [-0.4, -0.2) is 16.8 Å². The van der Waals surface area contributed by atoms with E-state index in [1.165, 1.54) is 68.9 Å². The molecule has 292 valence electrons. The molecule has 0 amide bonds. The Morgan fingerprint density at radius 2 is 0.981 bits per heavy atom. The highest BCUT2D eigenvalue weighted by Gasteiger charge is 2.13. The summed E-state index contributed by atoms with van der Waals surface area (Å²) in [5.74, 6) is 2.08. The molecule has 0 radical (unpaired) electrons. The van der Waals surface area contributed by atoms with Crippen LogP contribution < -0.4 is 4.74 Å². The molecule has 0 atom stereocenters. The Balaban J connectivity index is 0.000000320. The van der Waals surface area contributed by atoms with Crippen LogP contribution in [0.3, 0.4) is 0 Å². The fraction of sp³-hybridized carbons (Fsp3) is 0.489. The second-order valence-electron chi connectivity index (χ2n) is 15.4. The van der Waals surface area contributed by atoms with Crippen molar-refractivity contribution in [3.8, 4) is 17.2 Å². The molecule has 4 rings (SSSR count). The number of nitrogens with zero attached hydrogens (tertiary/aromatic N) is 4. The maximum atomic E-state index is 9.83. The predicted octanol–water partition coefficient (Wildman–Crippen LogP) is 15.7. The van der Waals surface area contributed by atoms with Crippen LogP contribution in [0.15, 0.2) is 81.1 Å². The molecule has 4 aromatic carbocycles. The average Bonchev–Trinajstić information content (AvgIpc) is 3.11. The predicted molar refractivity (Wildman–Crippen MR) is 227 cm³/mol. The van der Waals surface area contributed by atoms with Crippen molar-refractivity contribution in [3.05, 3.63) is 99.6 Å². The number of hydrogen-bond donors (Lipinski definition) is 2. The standard InChI is InChI=1S/C30H46N2O.C17H20N2O2/c1-7-8-9-10-11-12-13-14-15-16-19-33-30-22-27(23(2)3)29(21-26(30)6)32-31-28-18-17-24(4)20-25(28)5;1-10(2)14-9-17(21)12(4)8-16(14)19-18-15-6-5-13(20)7-11(15)3/h17-18,20-23H,7-16,19H2,1-6H3;5-10,20-21H,1-4H3. The highest BCUT2D eigenvalue weighted by Crippen LogP contribution is 2.36. The van der Waals surface area contributed by atoms with Gasteiger partial charge in [-0.05, 0) is 135 Å². The third-order valence-corrected chi connectivity index (χ3v) is 9.73. The number of phenolic OH excluding ortho intramolecular Hbond substituents is 2. The van der Waals surface area contributed by atoms with Crippen LogP contribution in [0.25, 0.3) is 0 Å². The van der Waals surface area contributed by atoms with Crippen LogP contribution in [0.2, 0.25) is 0 Å². The smallest absolute Gasteiger partial charge is 0.122 e. The molecule has 2 N–H and O–H groups in total. The van der Waals surface area contributed by atoms with E-state index in [4.69, 9.17) is 4.74 Å². The largest absolute Gasteiger partial charge is 0.508 e. The number of aromatic hydroxyl groups is 2. The van der Waals surface area contributed by atoms with Gasteiger partial charge in [0.2, 0.25) is 0 Å². The Morgan fingerprint density at radius 1 is 0.500 bits per heavy atom. The van der Waals surface area contributed by atoms with E-state index in [9.17, 15) is 10.2 Å². The summed E-state index contributed by atoms with van der Waals surface area (Å²) < 4.78 is 6.18. The minimum absolute atomic E-state index is 0.217. The van der Waals surface area contributed by atoms with Crippen LogP contribution >= 0.6 is 0 Å². The Kier molecular flexibility index (Phi) is 18.4. The SMILES string of the molecule is CCCCCCCCCCCCOc1cc(C(C)C)c(N=Nc2ccc(C)cc2C)cc1C.Cc1cc(N=Nc2ccc(O)cc2C)c(C(C)C)cc1O. The maximum Gasteiger partial charge on any atom is 0.122 e. The Labute approximate surface area is 326 Å². The summed E-state index contributed by atoms with van der Waals surface area (Å²) in [6.07, 6.45) is 13.4. The van der Waals surface area contributed by atoms with Gasteiger partial charge in [-0.15, -0.1) is 0 Å². The quantitative estimate of drug-likeness (QED) is 0.0786. The molecule has 0 aromatic heterocycles. The van der Waals surface area contributed by atoms with Crippen molar-refractivity contribution in [1.29, 1.82) is 0 Å². The molecular formula is C47H66N4O3. The lowest BCUT2D eigenvalue weighted by Gasteiger charge is -2.15. The van der Waals surface area contributed by atoms with Crippen molar-refractivity contribution < 1.29 is 14.9 Å². The molecule has 0 spiro atoms. The maximum absolute atomic E-state index is 9.83. The highest BCUT2D eigenvalue weighted by molar-refractivity contribution is 5.57. The van der Waals surface area contributed by atoms with Gasteiger partial charge in [0, 0.05) is 0 Å². The molecule has 7 heteroatoms. The lowest BCUT2D eigenvalue weighted by molar-refractivity contribution is 0.302. The first kappa shape index (κ1) is 43.9. The zero-order chi connectivity index (χ0) is 39.6. The molecule has 0 saturated heterocycles. The second kappa shape index (κ2) is 22.6. The third kappa shape index (κ3) is 14.4. The second-order valence-corrected chi connectivity index (χ2v) is 15.4. The fourth-order valence-corrected chi connectivity index (χ4v) is 6.30. The monoisotopic (exact) mass is 735 g/mol. The van der Waals surface area contributed by atoms with E-state index in [2.05, 4.69) is 100 Å². The summed E-state index contributed by atoms with van der Waals surface area (Å²) in [5.41, 5.74) is 10.6. The first-order valence-electron chi connectivity index (χ1n) is 20.1. The van der Waals surface area contributed by atoms with Gasteiger partial charge in [-0.3, -0.25) is 0 Å². The molecule has 0 aliphatic carbocycles. The summed E-state index contributed by atoms with van der Waals surface area (Å²) in [6, 6.07) is 19.1. The summed E-state index contributed by atoms with van der Waals surface area (Å²) in [7, 11) is 0. The number of ether oxygens (including phenoxy) is 1. The van der Waals surface area contributed by atoms with E-state index in [1.807, 2.05) is 26.0 Å². The van der Waals surface area contributed by atoms with E-state index in [0.29, 0.717) is 11.6 Å². The van der Waals surface area contributed by atoms with Crippen molar-refractivity contribution >= 4 is 22.7 Å². The molecule has 0 fully saturated rings. The van der Waals surface area contributed by atoms with Gasteiger partial charge in [0.05, 0.1) is 29.4 Å². The number of benzene rings is 4. The zero-order valence-corrected chi connectivity index (χ0v) is 34.8. The van der Waals surface area contributed by atoms with Gasteiger partial charge in [-0.25, -0.2) is 0 Å². The lowest BCUT2D eigenvalue weighted by atomic mass is 9.99. The van der Waals surface area contributed by atoms with Gasteiger partial charge in [0.15, 0.2) is 0 Å². The van der Waals surface area contributed by atoms with Gasteiger partial charge in [0.1, 0.15) is 17.2 Å². The van der Waals surface area contributed by atoms with Crippen LogP contribution in [0, 0.1) is 34.6 Å². The summed E-state index contributed by atoms with van der Waals surface area (Å²) in [4.78, 5) is 0. The van der Waals surface area contributed by atoms with E-state index in [1.54, 1.807) is 24.3 Å². The minimum Gasteiger partial charge on any atom is -0.508 e. The molecule has 7 nitrogen and oxygen atoms in total. The first-order chi connectivity index (χ1) is 25.8. The van der Waals surface area contributed by atoms with Gasteiger partial charge in [-0.1, -0.05) is 110 Å². The molecular weight excluding hydrogens is 669 g/mol. The lowest BCUT2D eigenvalue weighted by Crippen LogP contribution is -2.00. The summed E-state index contributed by atoms with van der Waals surface area (Å²) >= 11 is 0. The van der Waals surface area contributed by atoms with Gasteiger partial charge >= 0.3 is 0 Å². The Hall–Kier alpha value is -4.52. The van der Waals surface area contributed by atoms with Crippen molar-refractivity contribution in [2.75, 3.05) is 6.61 Å². The van der Waals surface area contributed by atoms with Crippen LogP contribution in [0.1, 0.15) is 150 Å². The molecule has 0 aliphatic heterocycles. The van der Waals surface area contributed by atoms with Gasteiger partial charge < -0.3 is 14.9 Å². The van der Waals surface area contributed by atoms with E-state index in [0.717, 1.165) is 63.7 Å². The van der Waals surface area contributed by atoms with Crippen molar-refractivity contribution in [2.45, 2.75) is 145 Å². The third-order valence-electron chi connectivity index (χ3n) is 9.73. The molecule has 0 heterocycles.